The van der Waals surface area contributed by atoms with Crippen LogP contribution >= 0.6 is 0 Å². The lowest BCUT2D eigenvalue weighted by atomic mass is 9.83. The first-order valence-corrected chi connectivity index (χ1v) is 7.81. The van der Waals surface area contributed by atoms with E-state index in [0.717, 1.165) is 12.8 Å². The summed E-state index contributed by atoms with van der Waals surface area (Å²) >= 11 is 0. The molecule has 5 nitrogen and oxygen atoms in total. The minimum atomic E-state index is -0.787. The molecule has 4 atom stereocenters. The lowest BCUT2D eigenvalue weighted by molar-refractivity contribution is -0.143. The predicted octanol–water partition coefficient (Wildman–Crippen LogP) is 0.360. The van der Waals surface area contributed by atoms with Gasteiger partial charge in [0.2, 0.25) is 5.91 Å². The van der Waals surface area contributed by atoms with E-state index in [-0.39, 0.29) is 17.9 Å². The minimum Gasteiger partial charge on any atom is -0.388 e. The highest BCUT2D eigenvalue weighted by atomic mass is 16.5. The third-order valence-electron chi connectivity index (χ3n) is 5.60. The fraction of sp³-hybridized carbons (Fsp3) is 0.933. The van der Waals surface area contributed by atoms with Gasteiger partial charge in [-0.3, -0.25) is 4.79 Å². The van der Waals surface area contributed by atoms with E-state index in [9.17, 15) is 9.90 Å². The number of aliphatic hydroxyl groups is 1. The van der Waals surface area contributed by atoms with Crippen molar-refractivity contribution in [2.45, 2.75) is 43.7 Å². The predicted molar refractivity (Wildman–Crippen MR) is 74.9 cm³/mol. The Morgan fingerprint density at radius 3 is 2.60 bits per heavy atom. The van der Waals surface area contributed by atoms with Gasteiger partial charge in [0.15, 0.2) is 0 Å². The summed E-state index contributed by atoms with van der Waals surface area (Å²) in [5.41, 5.74) is 5.45. The molecule has 3 rings (SSSR count). The van der Waals surface area contributed by atoms with Gasteiger partial charge in [0.05, 0.1) is 11.5 Å². The number of fused-ring (bicyclic) bond motifs is 2. The molecule has 20 heavy (non-hydrogen) atoms. The summed E-state index contributed by atoms with van der Waals surface area (Å²) in [6, 6.07) is 0.0213. The SMILES string of the molecule is CN(CC1(O)CCOCC1)C(=O)C1C2CCC(C2)C1N. The minimum absolute atomic E-state index is 0.0213. The van der Waals surface area contributed by atoms with E-state index in [1.807, 2.05) is 0 Å². The summed E-state index contributed by atoms with van der Waals surface area (Å²) in [6.07, 6.45) is 4.64. The second-order valence-electron chi connectivity index (χ2n) is 6.97. The Labute approximate surface area is 120 Å². The van der Waals surface area contributed by atoms with E-state index in [2.05, 4.69) is 0 Å². The molecule has 1 amide bonds. The highest BCUT2D eigenvalue weighted by Gasteiger charge is 2.50. The zero-order chi connectivity index (χ0) is 14.3. The van der Waals surface area contributed by atoms with Gasteiger partial charge >= 0.3 is 0 Å². The second kappa shape index (κ2) is 5.28. The Hall–Kier alpha value is -0.650. The van der Waals surface area contributed by atoms with Crippen LogP contribution in [0.5, 0.6) is 0 Å². The van der Waals surface area contributed by atoms with Gasteiger partial charge in [-0.05, 0) is 31.1 Å². The maximum Gasteiger partial charge on any atom is 0.227 e. The molecule has 1 saturated heterocycles. The van der Waals surface area contributed by atoms with Crippen LogP contribution in [-0.2, 0) is 9.53 Å². The van der Waals surface area contributed by atoms with Crippen molar-refractivity contribution in [3.63, 3.8) is 0 Å². The van der Waals surface area contributed by atoms with Crippen LogP contribution in [0, 0.1) is 17.8 Å². The zero-order valence-electron chi connectivity index (χ0n) is 12.3. The van der Waals surface area contributed by atoms with Crippen molar-refractivity contribution in [1.29, 1.82) is 0 Å². The van der Waals surface area contributed by atoms with Gasteiger partial charge in [-0.2, -0.15) is 0 Å². The number of likely N-dealkylation sites (N-methyl/N-ethyl adjacent to an activating group) is 1. The quantitative estimate of drug-likeness (QED) is 0.783. The first-order chi connectivity index (χ1) is 9.50. The molecule has 0 aromatic rings. The molecular formula is C15H26N2O3. The molecule has 0 radical (unpaired) electrons. The number of hydrogen-bond donors (Lipinski definition) is 2. The van der Waals surface area contributed by atoms with Crippen LogP contribution < -0.4 is 5.73 Å². The van der Waals surface area contributed by atoms with Gasteiger partial charge in [-0.25, -0.2) is 0 Å². The first kappa shape index (κ1) is 14.3. The van der Waals surface area contributed by atoms with Gasteiger partial charge in [-0.15, -0.1) is 0 Å². The molecule has 0 aromatic carbocycles. The van der Waals surface area contributed by atoms with Crippen molar-refractivity contribution < 1.29 is 14.6 Å². The molecule has 0 spiro atoms. The fourth-order valence-corrected chi connectivity index (χ4v) is 4.39. The number of ether oxygens (including phenoxy) is 1. The summed E-state index contributed by atoms with van der Waals surface area (Å²) < 4.78 is 5.28. The van der Waals surface area contributed by atoms with Crippen LogP contribution in [-0.4, -0.2) is 54.4 Å². The van der Waals surface area contributed by atoms with Crippen LogP contribution in [0.2, 0.25) is 0 Å². The molecule has 1 aliphatic heterocycles. The number of hydrogen-bond acceptors (Lipinski definition) is 4. The summed E-state index contributed by atoms with van der Waals surface area (Å²) in [6.45, 7) is 1.55. The maximum absolute atomic E-state index is 12.7. The third kappa shape index (κ3) is 2.47. The Balaban J connectivity index is 1.62. The maximum atomic E-state index is 12.7. The van der Waals surface area contributed by atoms with Crippen LogP contribution in [0.4, 0.5) is 0 Å². The second-order valence-corrected chi connectivity index (χ2v) is 6.97. The van der Waals surface area contributed by atoms with Crippen molar-refractivity contribution in [2.75, 3.05) is 26.8 Å². The first-order valence-electron chi connectivity index (χ1n) is 7.81. The normalized spacial score (nSPS) is 39.0. The molecule has 3 N–H and O–H groups in total. The summed E-state index contributed by atoms with van der Waals surface area (Å²) in [5, 5.41) is 10.5. The molecule has 114 valence electrons. The van der Waals surface area contributed by atoms with E-state index in [0.29, 0.717) is 44.4 Å². The Kier molecular flexibility index (Phi) is 3.77. The number of carbonyl (C=O) groups is 1. The zero-order valence-corrected chi connectivity index (χ0v) is 12.3. The van der Waals surface area contributed by atoms with Crippen LogP contribution in [0.3, 0.4) is 0 Å². The van der Waals surface area contributed by atoms with Crippen LogP contribution in [0.15, 0.2) is 0 Å². The monoisotopic (exact) mass is 282 g/mol. The number of amides is 1. The Bertz CT molecular complexity index is 379. The van der Waals surface area contributed by atoms with E-state index < -0.39 is 5.60 Å². The highest BCUT2D eigenvalue weighted by Crippen LogP contribution is 2.48. The molecule has 0 aromatic heterocycles. The van der Waals surface area contributed by atoms with Crippen molar-refractivity contribution in [2.24, 2.45) is 23.5 Å². The van der Waals surface area contributed by atoms with Gasteiger partial charge in [0, 0.05) is 45.7 Å². The third-order valence-corrected chi connectivity index (χ3v) is 5.60. The van der Waals surface area contributed by atoms with Crippen LogP contribution in [0.25, 0.3) is 0 Å². The highest BCUT2D eigenvalue weighted by molar-refractivity contribution is 5.80. The largest absolute Gasteiger partial charge is 0.388 e. The Morgan fingerprint density at radius 1 is 1.35 bits per heavy atom. The molecule has 2 saturated carbocycles. The van der Waals surface area contributed by atoms with Crippen LogP contribution in [0.1, 0.15) is 32.1 Å². The van der Waals surface area contributed by atoms with E-state index in [4.69, 9.17) is 10.5 Å². The van der Waals surface area contributed by atoms with Crippen molar-refractivity contribution >= 4 is 5.91 Å². The number of carbonyl (C=O) groups excluding carboxylic acids is 1. The average Bonchev–Trinajstić information content (AvgIpc) is 2.99. The van der Waals surface area contributed by atoms with Crippen molar-refractivity contribution in [3.05, 3.63) is 0 Å². The molecule has 3 aliphatic rings. The van der Waals surface area contributed by atoms with E-state index >= 15 is 0 Å². The van der Waals surface area contributed by atoms with Crippen molar-refractivity contribution in [3.8, 4) is 0 Å². The van der Waals surface area contributed by atoms with Gasteiger partial charge in [0.1, 0.15) is 0 Å². The summed E-state index contributed by atoms with van der Waals surface area (Å²) in [5.74, 6) is 1.11. The molecule has 5 heteroatoms. The lowest BCUT2D eigenvalue weighted by Gasteiger charge is -2.37. The smallest absolute Gasteiger partial charge is 0.227 e. The fourth-order valence-electron chi connectivity index (χ4n) is 4.39. The molecule has 1 heterocycles. The van der Waals surface area contributed by atoms with Gasteiger partial charge in [-0.1, -0.05) is 0 Å². The summed E-state index contributed by atoms with van der Waals surface area (Å²) in [4.78, 5) is 14.4. The molecule has 4 unspecified atom stereocenters. The average molecular weight is 282 g/mol. The number of nitrogens with two attached hydrogens (primary N) is 1. The van der Waals surface area contributed by atoms with E-state index in [1.54, 1.807) is 11.9 Å². The van der Waals surface area contributed by atoms with E-state index in [1.165, 1.54) is 6.42 Å². The molecule has 3 fully saturated rings. The summed E-state index contributed by atoms with van der Waals surface area (Å²) in [7, 11) is 1.80. The molecule has 2 bridgehead atoms. The topological polar surface area (TPSA) is 75.8 Å². The number of rotatable bonds is 3. The lowest BCUT2D eigenvalue weighted by Crippen LogP contribution is -2.52. The molecular weight excluding hydrogens is 256 g/mol. The van der Waals surface area contributed by atoms with Gasteiger partial charge < -0.3 is 20.5 Å². The number of nitrogens with zero attached hydrogens (tertiary/aromatic N) is 1. The molecule has 2 aliphatic carbocycles. The Morgan fingerprint density at radius 2 is 2.00 bits per heavy atom. The van der Waals surface area contributed by atoms with Gasteiger partial charge in [0.25, 0.3) is 0 Å². The van der Waals surface area contributed by atoms with Crippen molar-refractivity contribution in [1.82, 2.24) is 4.90 Å². The standard InChI is InChI=1S/C15H26N2O3/c1-17(9-15(19)4-6-20-7-5-15)14(18)12-10-2-3-11(8-10)13(12)16/h10-13,19H,2-9,16H2,1H3.